The number of aromatic hydroxyl groups is 1. The highest BCUT2D eigenvalue weighted by Gasteiger charge is 2.65. The summed E-state index contributed by atoms with van der Waals surface area (Å²) in [5.74, 6) is -0.365. The quantitative estimate of drug-likeness (QED) is 0.782. The third-order valence-electron chi connectivity index (χ3n) is 6.21. The zero-order valence-electron chi connectivity index (χ0n) is 16.5. The van der Waals surface area contributed by atoms with E-state index in [-0.39, 0.29) is 24.2 Å². The van der Waals surface area contributed by atoms with Crippen LogP contribution in [0.3, 0.4) is 0 Å². The highest BCUT2D eigenvalue weighted by atomic mass is 16.7. The highest BCUT2D eigenvalue weighted by Crippen LogP contribution is 2.44. The molecule has 1 unspecified atom stereocenters. The van der Waals surface area contributed by atoms with Crippen molar-refractivity contribution >= 4 is 23.3 Å². The largest absolute Gasteiger partial charge is 0.507 e. The normalized spacial score (nSPS) is 24.5. The lowest BCUT2D eigenvalue weighted by atomic mass is 9.91. The van der Waals surface area contributed by atoms with Crippen molar-refractivity contribution in [1.82, 2.24) is 4.90 Å². The fourth-order valence-electron chi connectivity index (χ4n) is 4.75. The first-order valence-electron chi connectivity index (χ1n) is 10.4. The summed E-state index contributed by atoms with van der Waals surface area (Å²) in [4.78, 5) is 35.8. The maximum Gasteiger partial charge on any atom is 0.335 e. The van der Waals surface area contributed by atoms with E-state index in [1.165, 1.54) is 4.90 Å². The Bertz CT molecular complexity index is 1020. The molecule has 1 aliphatic carbocycles. The smallest absolute Gasteiger partial charge is 0.335 e. The number of carbonyl (C=O) groups is 2. The van der Waals surface area contributed by atoms with Crippen LogP contribution >= 0.6 is 0 Å². The maximum absolute atomic E-state index is 13.7. The molecule has 7 nitrogen and oxygen atoms in total. The number of benzene rings is 2. The van der Waals surface area contributed by atoms with Gasteiger partial charge in [0, 0.05) is 11.6 Å². The van der Waals surface area contributed by atoms with Crippen LogP contribution in [0.2, 0.25) is 0 Å². The minimum atomic E-state index is -1.51. The van der Waals surface area contributed by atoms with E-state index in [4.69, 9.17) is 4.84 Å². The van der Waals surface area contributed by atoms with Gasteiger partial charge in [-0.25, -0.2) is 9.69 Å². The first-order chi connectivity index (χ1) is 14.6. The van der Waals surface area contributed by atoms with Gasteiger partial charge in [-0.15, -0.1) is 0 Å². The standard InChI is InChI=1S/C23H23N3O4/c27-20-14-8-7-13-18(20)19-15-23(30-24-19)21(28)25(16-9-3-1-4-10-16)22(29)26(23)17-11-5-2-6-12-17/h1,3-4,7-10,13-14,17,27H,2,5-6,11-12,15H2. The lowest BCUT2D eigenvalue weighted by Gasteiger charge is -2.37. The maximum atomic E-state index is 13.7. The molecule has 1 saturated heterocycles. The molecule has 1 spiro atoms. The van der Waals surface area contributed by atoms with Crippen LogP contribution in [0.25, 0.3) is 0 Å². The van der Waals surface area contributed by atoms with E-state index >= 15 is 0 Å². The number of rotatable bonds is 3. The molecular formula is C23H23N3O4. The van der Waals surface area contributed by atoms with E-state index in [9.17, 15) is 14.7 Å². The first kappa shape index (κ1) is 18.7. The van der Waals surface area contributed by atoms with E-state index in [0.29, 0.717) is 17.0 Å². The monoisotopic (exact) mass is 405 g/mol. The second-order valence-electron chi connectivity index (χ2n) is 8.03. The van der Waals surface area contributed by atoms with Gasteiger partial charge in [-0.3, -0.25) is 9.69 Å². The van der Waals surface area contributed by atoms with Crippen molar-refractivity contribution in [1.29, 1.82) is 0 Å². The molecule has 3 aliphatic rings. The van der Waals surface area contributed by atoms with Crippen LogP contribution in [0.15, 0.2) is 59.8 Å². The molecular weight excluding hydrogens is 382 g/mol. The van der Waals surface area contributed by atoms with E-state index < -0.39 is 11.6 Å². The Hall–Kier alpha value is -3.35. The van der Waals surface area contributed by atoms with Crippen LogP contribution in [0.5, 0.6) is 5.75 Å². The van der Waals surface area contributed by atoms with Gasteiger partial charge in [0.15, 0.2) is 0 Å². The number of amides is 3. The lowest BCUT2D eigenvalue weighted by Crippen LogP contribution is -2.54. The number of para-hydroxylation sites is 2. The number of nitrogens with zero attached hydrogens (tertiary/aromatic N) is 3. The number of carbonyl (C=O) groups excluding carboxylic acids is 2. The Morgan fingerprint density at radius 2 is 1.67 bits per heavy atom. The Kier molecular flexibility index (Phi) is 4.46. The van der Waals surface area contributed by atoms with E-state index in [0.717, 1.165) is 32.1 Å². The first-order valence-corrected chi connectivity index (χ1v) is 10.4. The third-order valence-corrected chi connectivity index (χ3v) is 6.21. The van der Waals surface area contributed by atoms with Gasteiger partial charge in [0.1, 0.15) is 5.75 Å². The van der Waals surface area contributed by atoms with E-state index in [1.54, 1.807) is 53.4 Å². The molecule has 1 atom stereocenters. The Labute approximate surface area is 174 Å². The molecule has 2 aromatic rings. The second kappa shape index (κ2) is 7.16. The molecule has 30 heavy (non-hydrogen) atoms. The van der Waals surface area contributed by atoms with Crippen molar-refractivity contribution in [3.05, 3.63) is 60.2 Å². The number of phenols is 1. The van der Waals surface area contributed by atoms with Gasteiger partial charge in [0.25, 0.3) is 5.72 Å². The number of oxime groups is 1. The average molecular weight is 405 g/mol. The van der Waals surface area contributed by atoms with Crippen molar-refractivity contribution in [3.63, 3.8) is 0 Å². The van der Waals surface area contributed by atoms with Crippen molar-refractivity contribution in [2.24, 2.45) is 5.16 Å². The van der Waals surface area contributed by atoms with Crippen LogP contribution < -0.4 is 4.90 Å². The summed E-state index contributed by atoms with van der Waals surface area (Å²) in [6.45, 7) is 0. The second-order valence-corrected chi connectivity index (χ2v) is 8.03. The third kappa shape index (κ3) is 2.76. The predicted molar refractivity (Wildman–Crippen MR) is 111 cm³/mol. The van der Waals surface area contributed by atoms with Crippen LogP contribution in [-0.4, -0.2) is 39.4 Å². The summed E-state index contributed by atoms with van der Waals surface area (Å²) in [5.41, 5.74) is -0.0156. The number of hydrogen-bond donors (Lipinski definition) is 1. The van der Waals surface area contributed by atoms with Gasteiger partial charge >= 0.3 is 11.9 Å². The van der Waals surface area contributed by atoms with Gasteiger partial charge in [-0.05, 0) is 37.1 Å². The number of hydrogen-bond acceptors (Lipinski definition) is 5. The summed E-state index contributed by atoms with van der Waals surface area (Å²) in [7, 11) is 0. The van der Waals surface area contributed by atoms with Gasteiger partial charge in [-0.2, -0.15) is 0 Å². The van der Waals surface area contributed by atoms with Crippen molar-refractivity contribution < 1.29 is 19.5 Å². The molecule has 1 saturated carbocycles. The summed E-state index contributed by atoms with van der Waals surface area (Å²) in [5, 5.41) is 14.4. The molecule has 2 fully saturated rings. The molecule has 154 valence electrons. The van der Waals surface area contributed by atoms with Gasteiger partial charge in [0.05, 0.1) is 17.8 Å². The highest BCUT2D eigenvalue weighted by molar-refractivity contribution is 6.24. The van der Waals surface area contributed by atoms with Crippen molar-refractivity contribution in [2.75, 3.05) is 4.90 Å². The van der Waals surface area contributed by atoms with Crippen LogP contribution in [0, 0.1) is 0 Å². The number of phenolic OH excluding ortho intramolecular Hbond substituents is 1. The SMILES string of the molecule is O=C1N(c2ccccc2)C(=O)C2(CC(c3ccccc3O)=NO2)N1C1CCCCC1. The Balaban J connectivity index is 1.55. The summed E-state index contributed by atoms with van der Waals surface area (Å²) < 4.78 is 0. The zero-order chi connectivity index (χ0) is 20.7. The van der Waals surface area contributed by atoms with Crippen LogP contribution in [0.1, 0.15) is 44.1 Å². The molecule has 2 aromatic carbocycles. The summed E-state index contributed by atoms with van der Waals surface area (Å²) >= 11 is 0. The fraction of sp³-hybridized carbons (Fsp3) is 0.348. The fourth-order valence-corrected chi connectivity index (χ4v) is 4.75. The molecule has 0 radical (unpaired) electrons. The van der Waals surface area contributed by atoms with Crippen molar-refractivity contribution in [2.45, 2.75) is 50.3 Å². The van der Waals surface area contributed by atoms with E-state index in [2.05, 4.69) is 5.16 Å². The molecule has 3 amide bonds. The van der Waals surface area contributed by atoms with Gasteiger partial charge in [-0.1, -0.05) is 54.8 Å². The summed E-state index contributed by atoms with van der Waals surface area (Å²) in [6.07, 6.45) is 4.92. The molecule has 5 rings (SSSR count). The number of urea groups is 1. The zero-order valence-corrected chi connectivity index (χ0v) is 16.5. The molecule has 2 heterocycles. The van der Waals surface area contributed by atoms with Crippen LogP contribution in [-0.2, 0) is 9.63 Å². The van der Waals surface area contributed by atoms with E-state index in [1.807, 2.05) is 6.07 Å². The molecule has 2 aliphatic heterocycles. The Morgan fingerprint density at radius 3 is 2.40 bits per heavy atom. The lowest BCUT2D eigenvalue weighted by molar-refractivity contribution is -0.158. The minimum absolute atomic E-state index is 0.0674. The average Bonchev–Trinajstić information content (AvgIpc) is 3.30. The topological polar surface area (TPSA) is 82.4 Å². The Morgan fingerprint density at radius 1 is 0.967 bits per heavy atom. The molecule has 1 N–H and O–H groups in total. The summed E-state index contributed by atoms with van der Waals surface area (Å²) in [6, 6.07) is 15.3. The molecule has 0 aromatic heterocycles. The minimum Gasteiger partial charge on any atom is -0.507 e. The van der Waals surface area contributed by atoms with Crippen LogP contribution in [0.4, 0.5) is 10.5 Å². The van der Waals surface area contributed by atoms with Gasteiger partial charge < -0.3 is 9.94 Å². The van der Waals surface area contributed by atoms with Gasteiger partial charge in [0.2, 0.25) is 0 Å². The number of anilines is 1. The number of imide groups is 1. The molecule has 7 heteroatoms. The van der Waals surface area contributed by atoms with Crippen molar-refractivity contribution in [3.8, 4) is 5.75 Å². The molecule has 0 bridgehead atoms. The predicted octanol–water partition coefficient (Wildman–Crippen LogP) is 4.01.